The standard InChI is InChI=1S/C17H21N3OS2/c1-11-9-18-16(23-11)15(12-4-5-12)19-17(21)20(13-6-7-13)10-14-3-2-8-22-14/h2-3,8-9,12-13,15H,4-7,10H2,1H3,(H,19,21). The molecule has 0 saturated heterocycles. The fourth-order valence-corrected chi connectivity index (χ4v) is 4.49. The second-order valence-electron chi connectivity index (χ2n) is 6.51. The van der Waals surface area contributed by atoms with Gasteiger partial charge < -0.3 is 10.2 Å². The van der Waals surface area contributed by atoms with Gasteiger partial charge in [0, 0.05) is 22.0 Å². The molecule has 0 radical (unpaired) electrons. The molecule has 0 aliphatic heterocycles. The van der Waals surface area contributed by atoms with Gasteiger partial charge in [-0.15, -0.1) is 22.7 Å². The number of carbonyl (C=O) groups is 1. The SMILES string of the molecule is Cc1cnc(C(NC(=O)N(Cc2cccs2)C2CC2)C2CC2)s1. The number of thiazole rings is 1. The van der Waals surface area contributed by atoms with E-state index in [1.54, 1.807) is 22.7 Å². The molecule has 1 atom stereocenters. The van der Waals surface area contributed by atoms with Crippen LogP contribution in [0, 0.1) is 12.8 Å². The number of amides is 2. The molecule has 4 rings (SSSR count). The molecular formula is C17H21N3OS2. The number of aryl methyl sites for hydroxylation is 1. The second kappa shape index (κ2) is 6.24. The summed E-state index contributed by atoms with van der Waals surface area (Å²) in [5.74, 6) is 0.562. The first-order valence-electron chi connectivity index (χ1n) is 8.22. The van der Waals surface area contributed by atoms with Gasteiger partial charge in [-0.2, -0.15) is 0 Å². The van der Waals surface area contributed by atoms with Crippen LogP contribution in [-0.4, -0.2) is 22.0 Å². The number of nitrogens with zero attached hydrogens (tertiary/aromatic N) is 2. The fourth-order valence-electron chi connectivity index (χ4n) is 2.87. The molecule has 0 bridgehead atoms. The van der Waals surface area contributed by atoms with Crippen LogP contribution in [0.15, 0.2) is 23.7 Å². The van der Waals surface area contributed by atoms with E-state index in [0.29, 0.717) is 12.0 Å². The Morgan fingerprint density at radius 2 is 2.26 bits per heavy atom. The number of rotatable bonds is 6. The van der Waals surface area contributed by atoms with Gasteiger partial charge in [-0.05, 0) is 50.0 Å². The lowest BCUT2D eigenvalue weighted by Gasteiger charge is -2.25. The van der Waals surface area contributed by atoms with E-state index in [0.717, 1.165) is 24.4 Å². The third-order valence-electron chi connectivity index (χ3n) is 4.43. The van der Waals surface area contributed by atoms with Crippen LogP contribution in [0.2, 0.25) is 0 Å². The lowest BCUT2D eigenvalue weighted by atomic mass is 10.2. The maximum Gasteiger partial charge on any atom is 0.318 e. The molecule has 2 heterocycles. The lowest BCUT2D eigenvalue weighted by Crippen LogP contribution is -2.43. The molecule has 2 saturated carbocycles. The Kier molecular flexibility index (Phi) is 4.11. The van der Waals surface area contributed by atoms with Crippen molar-refractivity contribution in [3.63, 3.8) is 0 Å². The summed E-state index contributed by atoms with van der Waals surface area (Å²) in [5.41, 5.74) is 0. The zero-order chi connectivity index (χ0) is 15.8. The molecule has 2 fully saturated rings. The molecule has 1 unspecified atom stereocenters. The highest BCUT2D eigenvalue weighted by atomic mass is 32.1. The Bertz CT molecular complexity index is 674. The highest BCUT2D eigenvalue weighted by Crippen LogP contribution is 2.42. The zero-order valence-electron chi connectivity index (χ0n) is 13.2. The molecule has 23 heavy (non-hydrogen) atoms. The quantitative estimate of drug-likeness (QED) is 0.845. The first-order valence-corrected chi connectivity index (χ1v) is 9.92. The van der Waals surface area contributed by atoms with E-state index < -0.39 is 0 Å². The summed E-state index contributed by atoms with van der Waals surface area (Å²) < 4.78 is 0. The van der Waals surface area contributed by atoms with E-state index in [-0.39, 0.29) is 12.1 Å². The Morgan fingerprint density at radius 3 is 2.83 bits per heavy atom. The van der Waals surface area contributed by atoms with E-state index >= 15 is 0 Å². The molecule has 1 N–H and O–H groups in total. The van der Waals surface area contributed by atoms with Crippen molar-refractivity contribution >= 4 is 28.7 Å². The highest BCUT2D eigenvalue weighted by Gasteiger charge is 2.38. The third-order valence-corrected chi connectivity index (χ3v) is 6.29. The summed E-state index contributed by atoms with van der Waals surface area (Å²) in [6, 6.07) is 4.73. The van der Waals surface area contributed by atoms with Gasteiger partial charge in [-0.3, -0.25) is 0 Å². The maximum absolute atomic E-state index is 12.9. The predicted octanol–water partition coefficient (Wildman–Crippen LogP) is 4.34. The van der Waals surface area contributed by atoms with Gasteiger partial charge in [-0.1, -0.05) is 6.07 Å². The average Bonchev–Trinajstić information content (AvgIpc) is 3.46. The predicted molar refractivity (Wildman–Crippen MR) is 93.7 cm³/mol. The topological polar surface area (TPSA) is 45.2 Å². The van der Waals surface area contributed by atoms with Gasteiger partial charge >= 0.3 is 6.03 Å². The van der Waals surface area contributed by atoms with Crippen LogP contribution < -0.4 is 5.32 Å². The number of carbonyl (C=O) groups excluding carboxylic acids is 1. The largest absolute Gasteiger partial charge is 0.328 e. The molecular weight excluding hydrogens is 326 g/mol. The third kappa shape index (κ3) is 3.58. The summed E-state index contributed by atoms with van der Waals surface area (Å²) in [6.45, 7) is 2.79. The molecule has 2 amide bonds. The average molecular weight is 348 g/mol. The van der Waals surface area contributed by atoms with Crippen LogP contribution in [0.3, 0.4) is 0 Å². The summed E-state index contributed by atoms with van der Waals surface area (Å²) in [5, 5.41) is 6.42. The summed E-state index contributed by atoms with van der Waals surface area (Å²) in [7, 11) is 0. The van der Waals surface area contributed by atoms with E-state index in [2.05, 4.69) is 28.7 Å². The molecule has 2 aliphatic rings. The van der Waals surface area contributed by atoms with Crippen molar-refractivity contribution in [2.45, 2.75) is 51.2 Å². The van der Waals surface area contributed by atoms with Crippen molar-refractivity contribution in [3.8, 4) is 0 Å². The molecule has 6 heteroatoms. The van der Waals surface area contributed by atoms with Crippen molar-refractivity contribution in [1.29, 1.82) is 0 Å². The van der Waals surface area contributed by atoms with Crippen LogP contribution in [0.25, 0.3) is 0 Å². The van der Waals surface area contributed by atoms with Gasteiger partial charge in [-0.25, -0.2) is 9.78 Å². The van der Waals surface area contributed by atoms with Crippen LogP contribution in [-0.2, 0) is 6.54 Å². The van der Waals surface area contributed by atoms with Crippen molar-refractivity contribution in [3.05, 3.63) is 38.5 Å². The van der Waals surface area contributed by atoms with Crippen LogP contribution in [0.4, 0.5) is 4.79 Å². The van der Waals surface area contributed by atoms with Crippen LogP contribution in [0.5, 0.6) is 0 Å². The summed E-state index contributed by atoms with van der Waals surface area (Å²) in [6.07, 6.45) is 6.55. The molecule has 0 aromatic carbocycles. The van der Waals surface area contributed by atoms with Crippen molar-refractivity contribution in [2.75, 3.05) is 0 Å². The van der Waals surface area contributed by atoms with E-state index in [4.69, 9.17) is 0 Å². The maximum atomic E-state index is 12.9. The molecule has 2 aromatic rings. The van der Waals surface area contributed by atoms with Crippen molar-refractivity contribution < 1.29 is 4.79 Å². The van der Waals surface area contributed by atoms with Gasteiger partial charge in [0.1, 0.15) is 5.01 Å². The number of nitrogens with one attached hydrogen (secondary N) is 1. The summed E-state index contributed by atoms with van der Waals surface area (Å²) >= 11 is 3.42. The Labute approximate surface area is 144 Å². The van der Waals surface area contributed by atoms with Gasteiger partial charge in [0.15, 0.2) is 0 Å². The number of urea groups is 1. The molecule has 2 aliphatic carbocycles. The molecule has 2 aromatic heterocycles. The Hall–Kier alpha value is -1.40. The lowest BCUT2D eigenvalue weighted by molar-refractivity contribution is 0.187. The van der Waals surface area contributed by atoms with E-state index in [1.807, 2.05) is 17.2 Å². The van der Waals surface area contributed by atoms with Crippen LogP contribution in [0.1, 0.15) is 46.5 Å². The number of hydrogen-bond acceptors (Lipinski definition) is 4. The highest BCUT2D eigenvalue weighted by molar-refractivity contribution is 7.11. The molecule has 0 spiro atoms. The Balaban J connectivity index is 1.47. The van der Waals surface area contributed by atoms with Gasteiger partial charge in [0.25, 0.3) is 0 Å². The second-order valence-corrected chi connectivity index (χ2v) is 8.81. The zero-order valence-corrected chi connectivity index (χ0v) is 14.8. The minimum atomic E-state index is 0.0747. The summed E-state index contributed by atoms with van der Waals surface area (Å²) in [4.78, 5) is 21.9. The normalized spacial score (nSPS) is 18.7. The fraction of sp³-hybridized carbons (Fsp3) is 0.529. The monoisotopic (exact) mass is 347 g/mol. The number of aromatic nitrogens is 1. The van der Waals surface area contributed by atoms with E-state index in [1.165, 1.54) is 22.6 Å². The van der Waals surface area contributed by atoms with Crippen molar-refractivity contribution in [1.82, 2.24) is 15.2 Å². The van der Waals surface area contributed by atoms with E-state index in [9.17, 15) is 4.79 Å². The molecule has 4 nitrogen and oxygen atoms in total. The smallest absolute Gasteiger partial charge is 0.318 e. The minimum Gasteiger partial charge on any atom is -0.328 e. The number of hydrogen-bond donors (Lipinski definition) is 1. The van der Waals surface area contributed by atoms with Gasteiger partial charge in [0.05, 0.1) is 12.6 Å². The Morgan fingerprint density at radius 1 is 1.43 bits per heavy atom. The van der Waals surface area contributed by atoms with Crippen molar-refractivity contribution in [2.24, 2.45) is 5.92 Å². The first kappa shape index (κ1) is 15.1. The van der Waals surface area contributed by atoms with Crippen LogP contribution >= 0.6 is 22.7 Å². The number of thiophene rings is 1. The van der Waals surface area contributed by atoms with Gasteiger partial charge in [0.2, 0.25) is 0 Å². The molecule has 122 valence electrons. The first-order chi connectivity index (χ1) is 11.2. The minimum absolute atomic E-state index is 0.0747.